The summed E-state index contributed by atoms with van der Waals surface area (Å²) in [4.78, 5) is 0. The van der Waals surface area contributed by atoms with Gasteiger partial charge in [-0.05, 0) is 59.5 Å². The number of aryl methyl sites for hydroxylation is 2. The lowest BCUT2D eigenvalue weighted by Crippen LogP contribution is -2.00. The second-order valence-corrected chi connectivity index (χ2v) is 7.13. The highest BCUT2D eigenvalue weighted by Gasteiger charge is 2.13. The van der Waals surface area contributed by atoms with E-state index in [1.165, 1.54) is 5.56 Å². The van der Waals surface area contributed by atoms with Crippen LogP contribution in [0.5, 0.6) is 0 Å². The van der Waals surface area contributed by atoms with Gasteiger partial charge in [-0.15, -0.1) is 20.4 Å². The third-order valence-corrected chi connectivity index (χ3v) is 4.99. The van der Waals surface area contributed by atoms with Crippen LogP contribution in [0.1, 0.15) is 17.0 Å². The van der Waals surface area contributed by atoms with Crippen molar-refractivity contribution in [3.05, 3.63) is 78.1 Å². The van der Waals surface area contributed by atoms with Crippen LogP contribution in [-0.4, -0.2) is 45.2 Å². The maximum Gasteiger partial charge on any atom is 0.205 e. The minimum Gasteiger partial charge on any atom is -0.313 e. The highest BCUT2D eigenvalue weighted by atomic mass is 15.5. The molecule has 0 bridgehead atoms. The SMILES string of the molecule is Cc1cnn(-c2ccc(-c3nn[nH]n3)c(-c3ccc(Cn4cnnc4C)cc3)c2)c1. The summed E-state index contributed by atoms with van der Waals surface area (Å²) in [7, 11) is 0. The van der Waals surface area contributed by atoms with Crippen molar-refractivity contribution in [3.8, 4) is 28.2 Å². The number of aromatic nitrogens is 9. The summed E-state index contributed by atoms with van der Waals surface area (Å²) in [6.07, 6.45) is 5.58. The van der Waals surface area contributed by atoms with Crippen LogP contribution in [-0.2, 0) is 6.54 Å². The molecule has 0 aliphatic carbocycles. The number of H-pyrrole nitrogens is 1. The van der Waals surface area contributed by atoms with Gasteiger partial charge in [0.15, 0.2) is 0 Å². The fraction of sp³-hybridized carbons (Fsp3) is 0.143. The van der Waals surface area contributed by atoms with E-state index in [2.05, 4.69) is 66.3 Å². The molecule has 0 amide bonds. The van der Waals surface area contributed by atoms with E-state index in [4.69, 9.17) is 0 Å². The van der Waals surface area contributed by atoms with Crippen molar-refractivity contribution >= 4 is 0 Å². The Labute approximate surface area is 172 Å². The van der Waals surface area contributed by atoms with E-state index in [1.807, 2.05) is 47.6 Å². The Hall–Kier alpha value is -4.14. The van der Waals surface area contributed by atoms with E-state index in [0.717, 1.165) is 40.3 Å². The second-order valence-electron chi connectivity index (χ2n) is 7.13. The lowest BCUT2D eigenvalue weighted by molar-refractivity contribution is 0.761. The van der Waals surface area contributed by atoms with Gasteiger partial charge in [0.1, 0.15) is 12.2 Å². The smallest absolute Gasteiger partial charge is 0.205 e. The number of tetrazole rings is 1. The monoisotopic (exact) mass is 397 g/mol. The zero-order valence-corrected chi connectivity index (χ0v) is 16.6. The summed E-state index contributed by atoms with van der Waals surface area (Å²) in [5.41, 5.74) is 6.21. The van der Waals surface area contributed by atoms with Crippen LogP contribution < -0.4 is 0 Å². The van der Waals surface area contributed by atoms with Gasteiger partial charge in [0.25, 0.3) is 0 Å². The Morgan fingerprint density at radius 1 is 0.967 bits per heavy atom. The van der Waals surface area contributed by atoms with Gasteiger partial charge >= 0.3 is 0 Å². The van der Waals surface area contributed by atoms with Crippen molar-refractivity contribution in [1.82, 2.24) is 45.2 Å². The molecule has 0 unspecified atom stereocenters. The van der Waals surface area contributed by atoms with Crippen molar-refractivity contribution in [1.29, 1.82) is 0 Å². The van der Waals surface area contributed by atoms with Crippen molar-refractivity contribution in [3.63, 3.8) is 0 Å². The van der Waals surface area contributed by atoms with Gasteiger partial charge in [-0.25, -0.2) is 4.68 Å². The van der Waals surface area contributed by atoms with Crippen LogP contribution in [0.15, 0.2) is 61.2 Å². The first-order valence-corrected chi connectivity index (χ1v) is 9.50. The van der Waals surface area contributed by atoms with Crippen molar-refractivity contribution in [2.75, 3.05) is 0 Å². The van der Waals surface area contributed by atoms with Crippen molar-refractivity contribution < 1.29 is 0 Å². The molecular formula is C21H19N9. The molecule has 0 radical (unpaired) electrons. The molecule has 0 spiro atoms. The fourth-order valence-corrected chi connectivity index (χ4v) is 3.39. The van der Waals surface area contributed by atoms with Crippen LogP contribution in [0, 0.1) is 13.8 Å². The van der Waals surface area contributed by atoms with E-state index in [-0.39, 0.29) is 0 Å². The molecule has 3 aromatic heterocycles. The maximum atomic E-state index is 4.43. The molecule has 9 nitrogen and oxygen atoms in total. The molecule has 1 N–H and O–H groups in total. The zero-order chi connectivity index (χ0) is 20.5. The van der Waals surface area contributed by atoms with E-state index in [0.29, 0.717) is 5.82 Å². The molecule has 3 heterocycles. The first-order chi connectivity index (χ1) is 14.7. The molecule has 5 aromatic rings. The summed E-state index contributed by atoms with van der Waals surface area (Å²) in [5.74, 6) is 1.44. The highest BCUT2D eigenvalue weighted by molar-refractivity contribution is 5.82. The summed E-state index contributed by atoms with van der Waals surface area (Å²) in [5, 5.41) is 27.0. The molecule has 0 saturated heterocycles. The summed E-state index contributed by atoms with van der Waals surface area (Å²) in [6, 6.07) is 14.5. The van der Waals surface area contributed by atoms with Crippen LogP contribution >= 0.6 is 0 Å². The van der Waals surface area contributed by atoms with Gasteiger partial charge < -0.3 is 4.57 Å². The first kappa shape index (κ1) is 17.9. The number of hydrogen-bond acceptors (Lipinski definition) is 6. The Bertz CT molecular complexity index is 1280. The van der Waals surface area contributed by atoms with Crippen LogP contribution in [0.4, 0.5) is 0 Å². The second kappa shape index (κ2) is 7.36. The predicted octanol–water partition coefficient (Wildman–Crippen LogP) is 2.98. The summed E-state index contributed by atoms with van der Waals surface area (Å²) in [6.45, 7) is 4.69. The van der Waals surface area contributed by atoms with Gasteiger partial charge in [0.05, 0.1) is 18.4 Å². The standard InChI is InChI=1S/C21H19N9/c1-14-10-23-30(11-14)18-7-8-19(21-25-27-28-26-21)20(9-18)17-5-3-16(4-6-17)12-29-13-22-24-15(29)2/h3-11,13H,12H2,1-2H3,(H,25,26,27,28). The molecule has 148 valence electrons. The van der Waals surface area contributed by atoms with Gasteiger partial charge in [-0.3, -0.25) is 0 Å². The maximum absolute atomic E-state index is 4.43. The topological polar surface area (TPSA) is 103 Å². The van der Waals surface area contributed by atoms with E-state index >= 15 is 0 Å². The van der Waals surface area contributed by atoms with Gasteiger partial charge in [-0.1, -0.05) is 24.3 Å². The molecule has 0 fully saturated rings. The third kappa shape index (κ3) is 3.37. The van der Waals surface area contributed by atoms with E-state index in [1.54, 1.807) is 6.33 Å². The number of nitrogens with zero attached hydrogens (tertiary/aromatic N) is 8. The van der Waals surface area contributed by atoms with E-state index < -0.39 is 0 Å². The molecule has 0 aliphatic heterocycles. The molecule has 9 heteroatoms. The normalized spacial score (nSPS) is 11.1. The third-order valence-electron chi connectivity index (χ3n) is 4.99. The van der Waals surface area contributed by atoms with E-state index in [9.17, 15) is 0 Å². The molecule has 5 rings (SSSR count). The molecule has 0 atom stereocenters. The highest BCUT2D eigenvalue weighted by Crippen LogP contribution is 2.32. The van der Waals surface area contributed by atoms with Gasteiger partial charge in [-0.2, -0.15) is 10.3 Å². The lowest BCUT2D eigenvalue weighted by Gasteiger charge is -2.11. The number of nitrogens with one attached hydrogen (secondary N) is 1. The molecule has 2 aromatic carbocycles. The van der Waals surface area contributed by atoms with Crippen molar-refractivity contribution in [2.24, 2.45) is 0 Å². The number of aromatic amines is 1. The molecule has 0 aliphatic rings. The van der Waals surface area contributed by atoms with Crippen LogP contribution in [0.25, 0.3) is 28.2 Å². The minimum atomic E-state index is 0.553. The Morgan fingerprint density at radius 2 is 1.83 bits per heavy atom. The van der Waals surface area contributed by atoms with Gasteiger partial charge in [0.2, 0.25) is 5.82 Å². The number of hydrogen-bond donors (Lipinski definition) is 1. The quantitative estimate of drug-likeness (QED) is 0.489. The molecule has 30 heavy (non-hydrogen) atoms. The molecule has 0 saturated carbocycles. The fourth-order valence-electron chi connectivity index (χ4n) is 3.39. The largest absolute Gasteiger partial charge is 0.313 e. The van der Waals surface area contributed by atoms with Crippen LogP contribution in [0.3, 0.4) is 0 Å². The average molecular weight is 397 g/mol. The van der Waals surface area contributed by atoms with Crippen molar-refractivity contribution in [2.45, 2.75) is 20.4 Å². The Morgan fingerprint density at radius 3 is 2.50 bits per heavy atom. The average Bonchev–Trinajstić information content (AvgIpc) is 3.52. The lowest BCUT2D eigenvalue weighted by atomic mass is 9.97. The zero-order valence-electron chi connectivity index (χ0n) is 16.6. The van der Waals surface area contributed by atoms with Gasteiger partial charge in [0, 0.05) is 11.8 Å². The number of benzene rings is 2. The van der Waals surface area contributed by atoms with Crippen LogP contribution in [0.2, 0.25) is 0 Å². The Balaban J connectivity index is 1.55. The molecular weight excluding hydrogens is 378 g/mol. The Kier molecular flexibility index (Phi) is 4.40. The number of rotatable bonds is 5. The predicted molar refractivity (Wildman–Crippen MR) is 111 cm³/mol. The first-order valence-electron chi connectivity index (χ1n) is 9.50. The minimum absolute atomic E-state index is 0.553. The summed E-state index contributed by atoms with van der Waals surface area (Å²) >= 11 is 0. The summed E-state index contributed by atoms with van der Waals surface area (Å²) < 4.78 is 3.88.